The highest BCUT2D eigenvalue weighted by Crippen LogP contribution is 2.51. The molecule has 0 aromatic rings. The molecule has 2 heteroatoms. The Labute approximate surface area is 81.6 Å². The normalized spacial score (nSPS) is 33.8. The van der Waals surface area contributed by atoms with Gasteiger partial charge in [-0.1, -0.05) is 18.2 Å². The SMILES string of the molecule is C1=CCC23SC=CC2=CC=NC3=C1. The van der Waals surface area contributed by atoms with E-state index in [0.29, 0.717) is 0 Å². The van der Waals surface area contributed by atoms with Crippen LogP contribution in [0.3, 0.4) is 0 Å². The molecule has 13 heavy (non-hydrogen) atoms. The lowest BCUT2D eigenvalue weighted by Crippen LogP contribution is -2.28. The van der Waals surface area contributed by atoms with E-state index < -0.39 is 0 Å². The second-order valence-corrected chi connectivity index (χ2v) is 4.54. The van der Waals surface area contributed by atoms with E-state index in [1.54, 1.807) is 0 Å². The van der Waals surface area contributed by atoms with Gasteiger partial charge in [0, 0.05) is 6.21 Å². The van der Waals surface area contributed by atoms with Crippen LogP contribution in [0, 0.1) is 0 Å². The maximum Gasteiger partial charge on any atom is 0.0904 e. The third-order valence-corrected chi connectivity index (χ3v) is 3.95. The molecular formula is C11H9NS. The Morgan fingerprint density at radius 3 is 3.38 bits per heavy atom. The van der Waals surface area contributed by atoms with Gasteiger partial charge in [0.1, 0.15) is 0 Å². The summed E-state index contributed by atoms with van der Waals surface area (Å²) in [5.74, 6) is 0. The average molecular weight is 187 g/mol. The minimum absolute atomic E-state index is 0.128. The quantitative estimate of drug-likeness (QED) is 0.568. The van der Waals surface area contributed by atoms with Gasteiger partial charge in [0.05, 0.1) is 10.4 Å². The van der Waals surface area contributed by atoms with Crippen molar-refractivity contribution in [3.63, 3.8) is 0 Å². The molecule has 1 nitrogen and oxygen atoms in total. The number of allylic oxidation sites excluding steroid dienone is 5. The summed E-state index contributed by atoms with van der Waals surface area (Å²) in [6.07, 6.45) is 13.7. The van der Waals surface area contributed by atoms with Gasteiger partial charge in [-0.3, -0.25) is 4.99 Å². The predicted octanol–water partition coefficient (Wildman–Crippen LogP) is 2.84. The molecule has 0 aromatic carbocycles. The fourth-order valence-electron chi connectivity index (χ4n) is 1.97. The van der Waals surface area contributed by atoms with E-state index in [1.807, 2.05) is 18.0 Å². The number of dihydropyridines is 1. The molecule has 0 amide bonds. The number of hydrogen-bond donors (Lipinski definition) is 0. The monoisotopic (exact) mass is 187 g/mol. The first-order chi connectivity index (χ1) is 6.42. The topological polar surface area (TPSA) is 12.4 Å². The summed E-state index contributed by atoms with van der Waals surface area (Å²) in [5, 5.41) is 2.17. The minimum Gasteiger partial charge on any atom is -0.259 e. The first-order valence-electron chi connectivity index (χ1n) is 4.38. The molecule has 0 bridgehead atoms. The summed E-state index contributed by atoms with van der Waals surface area (Å²) >= 11 is 1.88. The van der Waals surface area contributed by atoms with Crippen LogP contribution in [-0.2, 0) is 0 Å². The fraction of sp³-hybridized carbons (Fsp3) is 0.182. The molecule has 0 fully saturated rings. The van der Waals surface area contributed by atoms with Crippen LogP contribution in [0.5, 0.6) is 0 Å². The van der Waals surface area contributed by atoms with E-state index in [4.69, 9.17) is 0 Å². The Morgan fingerprint density at radius 2 is 2.38 bits per heavy atom. The molecule has 0 N–H and O–H groups in total. The first-order valence-corrected chi connectivity index (χ1v) is 5.26. The summed E-state index contributed by atoms with van der Waals surface area (Å²) in [4.78, 5) is 4.43. The van der Waals surface area contributed by atoms with Crippen molar-refractivity contribution in [1.29, 1.82) is 0 Å². The molecule has 1 spiro atoms. The van der Waals surface area contributed by atoms with Crippen molar-refractivity contribution in [3.05, 3.63) is 47.1 Å². The maximum absolute atomic E-state index is 4.43. The van der Waals surface area contributed by atoms with Crippen LogP contribution in [0.4, 0.5) is 0 Å². The first kappa shape index (κ1) is 7.39. The highest BCUT2D eigenvalue weighted by molar-refractivity contribution is 8.04. The minimum atomic E-state index is 0.128. The molecule has 0 saturated carbocycles. The molecule has 3 aliphatic rings. The van der Waals surface area contributed by atoms with E-state index in [9.17, 15) is 0 Å². The highest BCUT2D eigenvalue weighted by Gasteiger charge is 2.41. The second kappa shape index (κ2) is 2.48. The molecule has 0 aromatic heterocycles. The number of rotatable bonds is 0. The van der Waals surface area contributed by atoms with Crippen molar-refractivity contribution in [1.82, 2.24) is 0 Å². The zero-order valence-electron chi connectivity index (χ0n) is 7.10. The zero-order valence-corrected chi connectivity index (χ0v) is 7.92. The van der Waals surface area contributed by atoms with Crippen LogP contribution in [-0.4, -0.2) is 11.0 Å². The van der Waals surface area contributed by atoms with Gasteiger partial charge in [-0.05, 0) is 29.6 Å². The number of aliphatic imine (C=N–C) groups is 1. The van der Waals surface area contributed by atoms with Crippen molar-refractivity contribution in [3.8, 4) is 0 Å². The second-order valence-electron chi connectivity index (χ2n) is 3.33. The van der Waals surface area contributed by atoms with Crippen molar-refractivity contribution in [2.24, 2.45) is 4.99 Å². The van der Waals surface area contributed by atoms with Crippen molar-refractivity contribution in [2.75, 3.05) is 0 Å². The van der Waals surface area contributed by atoms with Gasteiger partial charge < -0.3 is 0 Å². The van der Waals surface area contributed by atoms with Crippen LogP contribution in [0.2, 0.25) is 0 Å². The average Bonchev–Trinajstić information content (AvgIpc) is 2.58. The Kier molecular flexibility index (Phi) is 1.41. The molecule has 0 saturated heterocycles. The maximum atomic E-state index is 4.43. The van der Waals surface area contributed by atoms with E-state index in [1.165, 1.54) is 11.3 Å². The van der Waals surface area contributed by atoms with Gasteiger partial charge in [-0.2, -0.15) is 0 Å². The number of nitrogens with zero attached hydrogens (tertiary/aromatic N) is 1. The molecular weight excluding hydrogens is 178 g/mol. The molecule has 1 aliphatic carbocycles. The number of hydrogen-bond acceptors (Lipinski definition) is 2. The standard InChI is InChI=1S/C11H9NS/c1-2-6-11-9(5-8-13-11)4-7-12-10(11)3-1/h1-5,7-8H,6H2. The lowest BCUT2D eigenvalue weighted by molar-refractivity contribution is 0.785. The van der Waals surface area contributed by atoms with Gasteiger partial charge in [0.15, 0.2) is 0 Å². The van der Waals surface area contributed by atoms with E-state index in [2.05, 4.69) is 40.8 Å². The third-order valence-electron chi connectivity index (χ3n) is 2.66. The van der Waals surface area contributed by atoms with E-state index >= 15 is 0 Å². The van der Waals surface area contributed by atoms with Crippen LogP contribution < -0.4 is 0 Å². The molecule has 1 unspecified atom stereocenters. The van der Waals surface area contributed by atoms with Crippen LogP contribution in [0.1, 0.15) is 6.42 Å². The number of thioether (sulfide) groups is 1. The molecule has 64 valence electrons. The Hall–Kier alpha value is -1.02. The van der Waals surface area contributed by atoms with Crippen molar-refractivity contribution in [2.45, 2.75) is 11.2 Å². The van der Waals surface area contributed by atoms with Crippen molar-refractivity contribution < 1.29 is 0 Å². The lowest BCUT2D eigenvalue weighted by atomic mass is 9.87. The van der Waals surface area contributed by atoms with Gasteiger partial charge in [0.25, 0.3) is 0 Å². The van der Waals surface area contributed by atoms with E-state index in [0.717, 1.165) is 6.42 Å². The predicted molar refractivity (Wildman–Crippen MR) is 57.9 cm³/mol. The van der Waals surface area contributed by atoms with E-state index in [-0.39, 0.29) is 4.75 Å². The summed E-state index contributed by atoms with van der Waals surface area (Å²) in [5.41, 5.74) is 2.59. The molecule has 3 rings (SSSR count). The van der Waals surface area contributed by atoms with Gasteiger partial charge >= 0.3 is 0 Å². The third kappa shape index (κ3) is 0.866. The van der Waals surface area contributed by atoms with Crippen LogP contribution in [0.15, 0.2) is 52.1 Å². The molecule has 2 aliphatic heterocycles. The van der Waals surface area contributed by atoms with Gasteiger partial charge in [-0.15, -0.1) is 11.8 Å². The summed E-state index contributed by atoms with van der Waals surface area (Å²) < 4.78 is 0.128. The Bertz CT molecular complexity index is 398. The van der Waals surface area contributed by atoms with Gasteiger partial charge in [-0.25, -0.2) is 0 Å². The molecule has 0 radical (unpaired) electrons. The fourth-order valence-corrected chi connectivity index (χ4v) is 3.12. The Balaban J connectivity index is 2.19. The molecule has 1 atom stereocenters. The smallest absolute Gasteiger partial charge is 0.0904 e. The largest absolute Gasteiger partial charge is 0.259 e. The lowest BCUT2D eigenvalue weighted by Gasteiger charge is -2.32. The molecule has 2 heterocycles. The zero-order chi connectivity index (χ0) is 8.73. The Morgan fingerprint density at radius 1 is 1.38 bits per heavy atom. The van der Waals surface area contributed by atoms with Crippen LogP contribution in [0.25, 0.3) is 0 Å². The van der Waals surface area contributed by atoms with Gasteiger partial charge in [0.2, 0.25) is 0 Å². The highest BCUT2D eigenvalue weighted by atomic mass is 32.2. The summed E-state index contributed by atoms with van der Waals surface area (Å²) in [6, 6.07) is 0. The summed E-state index contributed by atoms with van der Waals surface area (Å²) in [6.45, 7) is 0. The summed E-state index contributed by atoms with van der Waals surface area (Å²) in [7, 11) is 0. The van der Waals surface area contributed by atoms with Crippen molar-refractivity contribution >= 4 is 18.0 Å². The van der Waals surface area contributed by atoms with Crippen LogP contribution >= 0.6 is 11.8 Å².